The summed E-state index contributed by atoms with van der Waals surface area (Å²) in [5, 5.41) is 3.43. The van der Waals surface area contributed by atoms with E-state index in [1.165, 1.54) is 0 Å². The lowest BCUT2D eigenvalue weighted by atomic mass is 10.2. The summed E-state index contributed by atoms with van der Waals surface area (Å²) in [5.74, 6) is 0.315. The first kappa shape index (κ1) is 16.0. The van der Waals surface area contributed by atoms with Gasteiger partial charge >= 0.3 is 0 Å². The number of carbonyl (C=O) groups is 1. The molecule has 0 fully saturated rings. The predicted octanol–water partition coefficient (Wildman–Crippen LogP) is 3.32. The van der Waals surface area contributed by atoms with Crippen molar-refractivity contribution in [2.45, 2.75) is 12.5 Å². The molecule has 1 N–H and O–H groups in total. The highest BCUT2D eigenvalue weighted by Gasteiger charge is 2.15. The van der Waals surface area contributed by atoms with Crippen LogP contribution in [0.3, 0.4) is 0 Å². The average Bonchev–Trinajstić information content (AvgIpc) is 2.33. The van der Waals surface area contributed by atoms with Crippen LogP contribution in [0.5, 0.6) is 0 Å². The van der Waals surface area contributed by atoms with Crippen molar-refractivity contribution in [2.75, 3.05) is 19.6 Å². The predicted molar refractivity (Wildman–Crippen MR) is 82.6 cm³/mol. The van der Waals surface area contributed by atoms with Crippen LogP contribution in [0.4, 0.5) is 0 Å². The van der Waals surface area contributed by atoms with Gasteiger partial charge in [-0.15, -0.1) is 11.6 Å². The van der Waals surface area contributed by atoms with Gasteiger partial charge in [-0.1, -0.05) is 11.6 Å². The van der Waals surface area contributed by atoms with Crippen LogP contribution in [0, 0.1) is 3.57 Å². The average molecular weight is 402 g/mol. The molecule has 0 aliphatic rings. The summed E-state index contributed by atoms with van der Waals surface area (Å²) in [7, 11) is 1.59. The second-order valence-electron chi connectivity index (χ2n) is 3.73. The standard InChI is InChI=1S/C12H14Cl2INO2/c1-18-7-9(4-5-13)16-12(17)10-6-8(14)2-3-11(10)15/h2-3,6,9H,4-5,7H2,1H3,(H,16,17). The molecule has 0 saturated heterocycles. The maximum absolute atomic E-state index is 12.1. The molecule has 18 heavy (non-hydrogen) atoms. The minimum Gasteiger partial charge on any atom is -0.383 e. The Labute approximate surface area is 130 Å². The minimum absolute atomic E-state index is 0.0882. The van der Waals surface area contributed by atoms with E-state index in [1.54, 1.807) is 19.2 Å². The monoisotopic (exact) mass is 401 g/mol. The van der Waals surface area contributed by atoms with Gasteiger partial charge in [0, 0.05) is 21.6 Å². The lowest BCUT2D eigenvalue weighted by Crippen LogP contribution is -2.38. The maximum atomic E-state index is 12.1. The third kappa shape index (κ3) is 4.91. The van der Waals surface area contributed by atoms with Crippen LogP contribution in [0.25, 0.3) is 0 Å². The molecule has 0 spiro atoms. The molecule has 3 nitrogen and oxygen atoms in total. The molecular weight excluding hydrogens is 388 g/mol. The first-order valence-corrected chi connectivity index (χ1v) is 7.38. The van der Waals surface area contributed by atoms with E-state index >= 15 is 0 Å². The van der Waals surface area contributed by atoms with Crippen LogP contribution in [0.2, 0.25) is 5.02 Å². The first-order chi connectivity index (χ1) is 8.58. The zero-order chi connectivity index (χ0) is 13.5. The third-order valence-corrected chi connectivity index (χ3v) is 3.73. The molecule has 0 radical (unpaired) electrons. The van der Waals surface area contributed by atoms with E-state index in [0.29, 0.717) is 29.5 Å². The van der Waals surface area contributed by atoms with E-state index in [0.717, 1.165) is 3.57 Å². The Kier molecular flexibility index (Phi) is 7.29. The number of benzene rings is 1. The second-order valence-corrected chi connectivity index (χ2v) is 5.70. The largest absolute Gasteiger partial charge is 0.383 e. The van der Waals surface area contributed by atoms with Crippen LogP contribution in [-0.4, -0.2) is 31.5 Å². The molecule has 0 aliphatic heterocycles. The first-order valence-electron chi connectivity index (χ1n) is 5.39. The number of amides is 1. The fourth-order valence-corrected chi connectivity index (χ4v) is 2.48. The molecule has 1 rings (SSSR count). The Bertz CT molecular complexity index is 409. The number of nitrogens with one attached hydrogen (secondary N) is 1. The molecule has 1 unspecified atom stereocenters. The van der Waals surface area contributed by atoms with Crippen molar-refractivity contribution in [2.24, 2.45) is 0 Å². The van der Waals surface area contributed by atoms with Gasteiger partial charge < -0.3 is 10.1 Å². The zero-order valence-electron chi connectivity index (χ0n) is 9.88. The number of rotatable bonds is 6. The highest BCUT2D eigenvalue weighted by atomic mass is 127. The van der Waals surface area contributed by atoms with E-state index in [1.807, 2.05) is 6.07 Å². The van der Waals surface area contributed by atoms with Gasteiger partial charge in [-0.05, 0) is 47.2 Å². The normalized spacial score (nSPS) is 12.2. The van der Waals surface area contributed by atoms with E-state index in [-0.39, 0.29) is 11.9 Å². The molecule has 0 aromatic heterocycles. The summed E-state index contributed by atoms with van der Waals surface area (Å²) < 4.78 is 5.90. The summed E-state index contributed by atoms with van der Waals surface area (Å²) in [6.07, 6.45) is 0.665. The number of methoxy groups -OCH3 is 1. The van der Waals surface area contributed by atoms with Crippen LogP contribution in [0.1, 0.15) is 16.8 Å². The lowest BCUT2D eigenvalue weighted by molar-refractivity contribution is 0.0894. The summed E-state index contributed by atoms with van der Waals surface area (Å²) >= 11 is 13.7. The summed E-state index contributed by atoms with van der Waals surface area (Å²) in [6, 6.07) is 5.13. The molecule has 1 atom stereocenters. The number of hydrogen-bond acceptors (Lipinski definition) is 2. The molecule has 0 aliphatic carbocycles. The van der Waals surface area contributed by atoms with Crippen molar-refractivity contribution in [3.8, 4) is 0 Å². The van der Waals surface area contributed by atoms with Crippen molar-refractivity contribution in [1.29, 1.82) is 0 Å². The van der Waals surface area contributed by atoms with Gasteiger partial charge in [-0.3, -0.25) is 4.79 Å². The summed E-state index contributed by atoms with van der Waals surface area (Å²) in [5.41, 5.74) is 0.568. The Morgan fingerprint density at radius 1 is 1.56 bits per heavy atom. The number of halogens is 3. The molecule has 0 bridgehead atoms. The van der Waals surface area contributed by atoms with E-state index in [9.17, 15) is 4.79 Å². The van der Waals surface area contributed by atoms with Crippen molar-refractivity contribution in [3.05, 3.63) is 32.4 Å². The van der Waals surface area contributed by atoms with Crippen LogP contribution in [-0.2, 0) is 4.74 Å². The molecule has 1 aromatic rings. The van der Waals surface area contributed by atoms with Crippen molar-refractivity contribution >= 4 is 51.7 Å². The minimum atomic E-state index is -0.158. The SMILES string of the molecule is COCC(CCCl)NC(=O)c1cc(Cl)ccc1I. The van der Waals surface area contributed by atoms with Gasteiger partial charge in [0.1, 0.15) is 0 Å². The van der Waals surface area contributed by atoms with E-state index < -0.39 is 0 Å². The van der Waals surface area contributed by atoms with Crippen molar-refractivity contribution in [3.63, 3.8) is 0 Å². The van der Waals surface area contributed by atoms with E-state index in [4.69, 9.17) is 27.9 Å². The number of ether oxygens (including phenoxy) is 1. The Hall–Kier alpha value is -0.0400. The van der Waals surface area contributed by atoms with Gasteiger partial charge in [0.15, 0.2) is 0 Å². The van der Waals surface area contributed by atoms with Crippen LogP contribution >= 0.6 is 45.8 Å². The third-order valence-electron chi connectivity index (χ3n) is 2.33. The topological polar surface area (TPSA) is 38.3 Å². The van der Waals surface area contributed by atoms with Gasteiger partial charge in [0.05, 0.1) is 18.2 Å². The molecule has 6 heteroatoms. The maximum Gasteiger partial charge on any atom is 0.252 e. The molecule has 1 aromatic carbocycles. The fourth-order valence-electron chi connectivity index (χ4n) is 1.46. The number of alkyl halides is 1. The Morgan fingerprint density at radius 3 is 2.89 bits per heavy atom. The summed E-state index contributed by atoms with van der Waals surface area (Å²) in [4.78, 5) is 12.1. The van der Waals surface area contributed by atoms with Crippen molar-refractivity contribution in [1.82, 2.24) is 5.32 Å². The zero-order valence-corrected chi connectivity index (χ0v) is 13.6. The van der Waals surface area contributed by atoms with Crippen LogP contribution < -0.4 is 5.32 Å². The molecule has 1 amide bonds. The van der Waals surface area contributed by atoms with Gasteiger partial charge in [-0.25, -0.2) is 0 Å². The molecule has 0 heterocycles. The lowest BCUT2D eigenvalue weighted by Gasteiger charge is -2.17. The van der Waals surface area contributed by atoms with Gasteiger partial charge in [-0.2, -0.15) is 0 Å². The number of hydrogen-bond donors (Lipinski definition) is 1. The quantitative estimate of drug-likeness (QED) is 0.586. The second kappa shape index (κ2) is 8.19. The Morgan fingerprint density at radius 2 is 2.28 bits per heavy atom. The van der Waals surface area contributed by atoms with E-state index in [2.05, 4.69) is 27.9 Å². The fraction of sp³-hybridized carbons (Fsp3) is 0.417. The molecular formula is C12H14Cl2INO2. The highest BCUT2D eigenvalue weighted by Crippen LogP contribution is 2.18. The van der Waals surface area contributed by atoms with Crippen molar-refractivity contribution < 1.29 is 9.53 Å². The number of carbonyl (C=O) groups excluding carboxylic acids is 1. The van der Waals surface area contributed by atoms with Gasteiger partial charge in [0.2, 0.25) is 0 Å². The Balaban J connectivity index is 2.76. The van der Waals surface area contributed by atoms with Gasteiger partial charge in [0.25, 0.3) is 5.91 Å². The summed E-state index contributed by atoms with van der Waals surface area (Å²) in [6.45, 7) is 0.440. The molecule has 0 saturated carbocycles. The molecule has 100 valence electrons. The highest BCUT2D eigenvalue weighted by molar-refractivity contribution is 14.1. The smallest absolute Gasteiger partial charge is 0.252 e. The van der Waals surface area contributed by atoms with Crippen LogP contribution in [0.15, 0.2) is 18.2 Å².